The Morgan fingerprint density at radius 1 is 1.06 bits per heavy atom. The molecule has 2 heteroatoms. The van der Waals surface area contributed by atoms with E-state index in [9.17, 15) is 4.79 Å². The smallest absolute Gasteiger partial charge is 0.162 e. The van der Waals surface area contributed by atoms with Gasteiger partial charge < -0.3 is 4.74 Å². The minimum atomic E-state index is 0.211. The number of carbonyl (C=O) groups excluding carboxylic acids is 1. The highest BCUT2D eigenvalue weighted by molar-refractivity contribution is 5.95. The number of rotatable bonds is 9. The second kappa shape index (κ2) is 8.94. The first kappa shape index (κ1) is 13.9. The fraction of sp³-hybridized carbons (Fsp3) is 0.533. The van der Waals surface area contributed by atoms with Crippen molar-refractivity contribution in [2.75, 3.05) is 13.2 Å². The van der Waals surface area contributed by atoms with Crippen molar-refractivity contribution in [3.8, 4) is 0 Å². The Kier molecular flexibility index (Phi) is 7.32. The Bertz CT molecular complexity index is 306. The quantitative estimate of drug-likeness (QED) is 0.479. The average molecular weight is 234 g/mol. The zero-order chi connectivity index (χ0) is 12.3. The summed E-state index contributed by atoms with van der Waals surface area (Å²) in [5, 5.41) is 0. The highest BCUT2D eigenvalue weighted by atomic mass is 16.5. The lowest BCUT2D eigenvalue weighted by Crippen LogP contribution is -2.03. The summed E-state index contributed by atoms with van der Waals surface area (Å²) < 4.78 is 5.47. The van der Waals surface area contributed by atoms with Crippen molar-refractivity contribution < 1.29 is 9.53 Å². The Morgan fingerprint density at radius 2 is 1.76 bits per heavy atom. The van der Waals surface area contributed by atoms with E-state index < -0.39 is 0 Å². The summed E-state index contributed by atoms with van der Waals surface area (Å²) in [6.45, 7) is 3.70. The predicted molar refractivity (Wildman–Crippen MR) is 70.4 cm³/mol. The van der Waals surface area contributed by atoms with Gasteiger partial charge in [-0.1, -0.05) is 50.1 Å². The first-order chi connectivity index (χ1) is 8.34. The molecule has 0 unspecified atom stereocenters. The molecule has 0 atom stereocenters. The molecular weight excluding hydrogens is 212 g/mol. The number of unbranched alkanes of at least 4 members (excludes halogenated alkanes) is 2. The summed E-state index contributed by atoms with van der Waals surface area (Å²) >= 11 is 0. The SMILES string of the molecule is CCCCCOCCCC(=O)c1ccccc1. The van der Waals surface area contributed by atoms with Gasteiger partial charge in [0.25, 0.3) is 0 Å². The molecule has 2 nitrogen and oxygen atoms in total. The molecule has 0 aromatic heterocycles. The Hall–Kier alpha value is -1.15. The Labute approximate surface area is 104 Å². The summed E-state index contributed by atoms with van der Waals surface area (Å²) in [4.78, 5) is 11.7. The molecular formula is C15H22O2. The maximum atomic E-state index is 11.7. The van der Waals surface area contributed by atoms with Crippen LogP contribution in [0.3, 0.4) is 0 Å². The molecule has 1 rings (SSSR count). The number of Topliss-reactive ketones (excluding diaryl/α,β-unsaturated/α-hetero) is 1. The Balaban J connectivity index is 2.05. The number of ether oxygens (including phenoxy) is 1. The van der Waals surface area contributed by atoms with E-state index in [-0.39, 0.29) is 5.78 Å². The van der Waals surface area contributed by atoms with Crippen molar-refractivity contribution in [2.24, 2.45) is 0 Å². The summed E-state index contributed by atoms with van der Waals surface area (Å²) in [6.07, 6.45) is 4.97. The van der Waals surface area contributed by atoms with Gasteiger partial charge in [-0.05, 0) is 12.8 Å². The van der Waals surface area contributed by atoms with Crippen LogP contribution < -0.4 is 0 Å². The minimum absolute atomic E-state index is 0.211. The largest absolute Gasteiger partial charge is 0.381 e. The number of hydrogen-bond acceptors (Lipinski definition) is 2. The van der Waals surface area contributed by atoms with Crippen LogP contribution in [0.25, 0.3) is 0 Å². The first-order valence-electron chi connectivity index (χ1n) is 6.50. The fourth-order valence-electron chi connectivity index (χ4n) is 1.66. The van der Waals surface area contributed by atoms with Crippen LogP contribution in [0.4, 0.5) is 0 Å². The summed E-state index contributed by atoms with van der Waals surface area (Å²) in [5.41, 5.74) is 0.804. The van der Waals surface area contributed by atoms with Crippen LogP contribution >= 0.6 is 0 Å². The van der Waals surface area contributed by atoms with Crippen molar-refractivity contribution in [1.82, 2.24) is 0 Å². The molecule has 1 aromatic carbocycles. The lowest BCUT2D eigenvalue weighted by atomic mass is 10.1. The maximum Gasteiger partial charge on any atom is 0.162 e. The third-order valence-electron chi connectivity index (χ3n) is 2.68. The van der Waals surface area contributed by atoms with Gasteiger partial charge in [-0.25, -0.2) is 0 Å². The van der Waals surface area contributed by atoms with E-state index >= 15 is 0 Å². The molecule has 0 heterocycles. The second-order valence-corrected chi connectivity index (χ2v) is 4.21. The normalized spacial score (nSPS) is 10.4. The van der Waals surface area contributed by atoms with Gasteiger partial charge in [0.2, 0.25) is 0 Å². The van der Waals surface area contributed by atoms with E-state index in [0.29, 0.717) is 13.0 Å². The molecule has 0 N–H and O–H groups in total. The van der Waals surface area contributed by atoms with Crippen LogP contribution in [0.2, 0.25) is 0 Å². The standard InChI is InChI=1S/C15H22O2/c1-2-3-7-12-17-13-8-11-15(16)14-9-5-4-6-10-14/h4-6,9-10H,2-3,7-8,11-13H2,1H3. The van der Waals surface area contributed by atoms with E-state index in [1.54, 1.807) is 0 Å². The van der Waals surface area contributed by atoms with Crippen molar-refractivity contribution in [3.63, 3.8) is 0 Å². The van der Waals surface area contributed by atoms with Crippen LogP contribution in [0.15, 0.2) is 30.3 Å². The summed E-state index contributed by atoms with van der Waals surface area (Å²) in [5.74, 6) is 0.211. The highest BCUT2D eigenvalue weighted by Crippen LogP contribution is 2.05. The van der Waals surface area contributed by atoms with Crippen LogP contribution in [0, 0.1) is 0 Å². The van der Waals surface area contributed by atoms with Gasteiger partial charge in [0.15, 0.2) is 5.78 Å². The van der Waals surface area contributed by atoms with Gasteiger partial charge in [-0.3, -0.25) is 4.79 Å². The van der Waals surface area contributed by atoms with Gasteiger partial charge >= 0.3 is 0 Å². The number of hydrogen-bond donors (Lipinski definition) is 0. The monoisotopic (exact) mass is 234 g/mol. The molecule has 0 aliphatic heterocycles. The molecule has 0 saturated heterocycles. The van der Waals surface area contributed by atoms with E-state index in [1.807, 2.05) is 30.3 Å². The number of ketones is 1. The molecule has 17 heavy (non-hydrogen) atoms. The van der Waals surface area contributed by atoms with Gasteiger partial charge in [-0.15, -0.1) is 0 Å². The Morgan fingerprint density at radius 3 is 2.47 bits per heavy atom. The van der Waals surface area contributed by atoms with E-state index in [4.69, 9.17) is 4.74 Å². The molecule has 0 fully saturated rings. The lowest BCUT2D eigenvalue weighted by Gasteiger charge is -2.03. The number of carbonyl (C=O) groups is 1. The zero-order valence-electron chi connectivity index (χ0n) is 10.7. The maximum absolute atomic E-state index is 11.7. The van der Waals surface area contributed by atoms with Crippen LogP contribution in [-0.4, -0.2) is 19.0 Å². The number of benzene rings is 1. The zero-order valence-corrected chi connectivity index (χ0v) is 10.7. The topological polar surface area (TPSA) is 26.3 Å². The molecule has 0 saturated carbocycles. The van der Waals surface area contributed by atoms with Gasteiger partial charge in [-0.2, -0.15) is 0 Å². The van der Waals surface area contributed by atoms with Gasteiger partial charge in [0.05, 0.1) is 0 Å². The summed E-state index contributed by atoms with van der Waals surface area (Å²) in [6, 6.07) is 9.45. The molecule has 1 aromatic rings. The van der Waals surface area contributed by atoms with E-state index in [0.717, 1.165) is 25.0 Å². The second-order valence-electron chi connectivity index (χ2n) is 4.21. The predicted octanol–water partition coefficient (Wildman–Crippen LogP) is 3.86. The minimum Gasteiger partial charge on any atom is -0.381 e. The fourth-order valence-corrected chi connectivity index (χ4v) is 1.66. The van der Waals surface area contributed by atoms with Crippen LogP contribution in [-0.2, 0) is 4.74 Å². The van der Waals surface area contributed by atoms with E-state index in [1.165, 1.54) is 12.8 Å². The molecule has 0 bridgehead atoms. The third-order valence-corrected chi connectivity index (χ3v) is 2.68. The molecule has 0 spiro atoms. The lowest BCUT2D eigenvalue weighted by molar-refractivity contribution is 0.0934. The molecule has 0 radical (unpaired) electrons. The average Bonchev–Trinajstić information content (AvgIpc) is 2.38. The highest BCUT2D eigenvalue weighted by Gasteiger charge is 2.03. The third kappa shape index (κ3) is 6.22. The summed E-state index contributed by atoms with van der Waals surface area (Å²) in [7, 11) is 0. The van der Waals surface area contributed by atoms with Crippen molar-refractivity contribution in [1.29, 1.82) is 0 Å². The van der Waals surface area contributed by atoms with Gasteiger partial charge in [0, 0.05) is 25.2 Å². The van der Waals surface area contributed by atoms with Crippen LogP contribution in [0.5, 0.6) is 0 Å². The molecule has 0 aliphatic rings. The molecule has 0 amide bonds. The van der Waals surface area contributed by atoms with Crippen molar-refractivity contribution in [3.05, 3.63) is 35.9 Å². The first-order valence-corrected chi connectivity index (χ1v) is 6.50. The van der Waals surface area contributed by atoms with Gasteiger partial charge in [0.1, 0.15) is 0 Å². The van der Waals surface area contributed by atoms with Crippen LogP contribution in [0.1, 0.15) is 49.4 Å². The van der Waals surface area contributed by atoms with Crippen molar-refractivity contribution in [2.45, 2.75) is 39.0 Å². The molecule has 94 valence electrons. The molecule has 0 aliphatic carbocycles. The van der Waals surface area contributed by atoms with E-state index in [2.05, 4.69) is 6.92 Å². The van der Waals surface area contributed by atoms with Crippen molar-refractivity contribution >= 4 is 5.78 Å².